The van der Waals surface area contributed by atoms with Gasteiger partial charge in [-0.05, 0) is 74.6 Å². The number of aromatic nitrogens is 1. The number of fused-ring (bicyclic) bond motifs is 4. The first kappa shape index (κ1) is 32.1. The van der Waals surface area contributed by atoms with Gasteiger partial charge in [-0.3, -0.25) is 14.4 Å². The van der Waals surface area contributed by atoms with Gasteiger partial charge in [-0.2, -0.15) is 13.2 Å². The Morgan fingerprint density at radius 3 is 2.40 bits per heavy atom. The lowest BCUT2D eigenvalue weighted by Crippen LogP contribution is -2.47. The highest BCUT2D eigenvalue weighted by atomic mass is 19.4. The molecule has 47 heavy (non-hydrogen) atoms. The number of ether oxygens (including phenoxy) is 1. The number of likely N-dealkylation sites (tertiary alicyclic amines) is 1. The van der Waals surface area contributed by atoms with Crippen LogP contribution >= 0.6 is 0 Å². The molecule has 0 spiro atoms. The van der Waals surface area contributed by atoms with Gasteiger partial charge in [0.25, 0.3) is 17.4 Å². The summed E-state index contributed by atoms with van der Waals surface area (Å²) in [7, 11) is 0. The van der Waals surface area contributed by atoms with Crippen LogP contribution in [0.15, 0.2) is 65.5 Å². The van der Waals surface area contributed by atoms with E-state index in [0.29, 0.717) is 56.9 Å². The molecule has 3 aliphatic heterocycles. The minimum atomic E-state index is -4.62. The number of anilines is 2. The van der Waals surface area contributed by atoms with Crippen molar-refractivity contribution in [3.8, 4) is 0 Å². The second-order valence-electron chi connectivity index (χ2n) is 12.3. The summed E-state index contributed by atoms with van der Waals surface area (Å²) in [5.41, 5.74) is 0.992. The molecule has 10 nitrogen and oxygen atoms in total. The zero-order valence-corrected chi connectivity index (χ0v) is 25.9. The number of carbonyl (C=O) groups excluding carboxylic acids is 3. The van der Waals surface area contributed by atoms with Gasteiger partial charge in [-0.15, -0.1) is 0 Å². The predicted octanol–water partition coefficient (Wildman–Crippen LogP) is 5.09. The molecule has 3 amide bonds. The normalized spacial score (nSPS) is 19.5. The van der Waals surface area contributed by atoms with Crippen molar-refractivity contribution >= 4 is 29.3 Å². The van der Waals surface area contributed by atoms with Crippen LogP contribution in [0.25, 0.3) is 0 Å². The number of carbonyl (C=O) groups is 3. The van der Waals surface area contributed by atoms with Crippen molar-refractivity contribution in [1.82, 2.24) is 14.8 Å². The summed E-state index contributed by atoms with van der Waals surface area (Å²) in [5, 5.41) is 5.79. The second-order valence-corrected chi connectivity index (χ2v) is 12.3. The lowest BCUT2D eigenvalue weighted by molar-refractivity contribution is -0.137. The van der Waals surface area contributed by atoms with Crippen LogP contribution in [0.4, 0.5) is 29.3 Å². The zero-order valence-electron chi connectivity index (χ0n) is 25.9. The van der Waals surface area contributed by atoms with Crippen LogP contribution in [0.2, 0.25) is 0 Å². The Kier molecular flexibility index (Phi) is 8.98. The molecule has 248 valence electrons. The monoisotopic (exact) mass is 651 g/mol. The van der Waals surface area contributed by atoms with E-state index < -0.39 is 17.6 Å². The molecule has 0 unspecified atom stereocenters. The smallest absolute Gasteiger partial charge is 0.416 e. The third-order valence-electron chi connectivity index (χ3n) is 9.14. The topological polar surface area (TPSA) is 113 Å². The van der Waals surface area contributed by atoms with E-state index in [-0.39, 0.29) is 53.2 Å². The standard InChI is InChI=1S/C34H36F3N5O5/c1-2-47-33(46)40-13-11-26(12-14-40)38-31(44)23-9-10-29(27(17-23)39-32(45)22-5-3-6-25(16-22)34(35,36)37)41-18-21-15-24(20-41)28-7-4-8-30(43)42(28)19-21/h3-10,16-17,21,24,26H,2,11-15,18-20H2,1H3,(H,38,44)(H,39,45)/t21-,24+/m1/s1. The highest BCUT2D eigenvalue weighted by Crippen LogP contribution is 2.39. The second kappa shape index (κ2) is 13.1. The van der Waals surface area contributed by atoms with E-state index >= 15 is 0 Å². The maximum absolute atomic E-state index is 13.4. The molecule has 0 saturated carbocycles. The van der Waals surface area contributed by atoms with E-state index in [1.165, 1.54) is 12.1 Å². The molecule has 1 aromatic heterocycles. The Hall–Kier alpha value is -4.81. The van der Waals surface area contributed by atoms with Crippen LogP contribution in [-0.2, 0) is 17.5 Å². The average molecular weight is 652 g/mol. The molecule has 0 radical (unpaired) electrons. The average Bonchev–Trinajstić information content (AvgIpc) is 3.05. The Balaban J connectivity index is 1.25. The van der Waals surface area contributed by atoms with E-state index in [1.807, 2.05) is 10.6 Å². The van der Waals surface area contributed by atoms with Crippen LogP contribution in [0.1, 0.15) is 64.1 Å². The molecular formula is C34H36F3N5O5. The number of nitrogens with zero attached hydrogens (tertiary/aromatic N) is 3. The number of rotatable bonds is 6. The van der Waals surface area contributed by atoms with E-state index in [9.17, 15) is 32.3 Å². The molecule has 13 heteroatoms. The SMILES string of the molecule is CCOC(=O)N1CCC(NC(=O)c2ccc(N3C[C@H]4C[C@@H](C3)c3cccc(=O)n3C4)c(NC(=O)c3cccc(C(F)(F)F)c3)c2)CC1. The molecule has 2 bridgehead atoms. The van der Waals surface area contributed by atoms with Crippen LogP contribution in [-0.4, -0.2) is 66.2 Å². The van der Waals surface area contributed by atoms with Gasteiger partial charge in [0.1, 0.15) is 0 Å². The number of hydrogen-bond donors (Lipinski definition) is 2. The number of amides is 3. The summed E-state index contributed by atoms with van der Waals surface area (Å²) in [6.07, 6.45) is -3.01. The predicted molar refractivity (Wildman–Crippen MR) is 169 cm³/mol. The van der Waals surface area contributed by atoms with E-state index in [2.05, 4.69) is 15.5 Å². The first-order valence-corrected chi connectivity index (χ1v) is 15.8. The van der Waals surface area contributed by atoms with Crippen LogP contribution in [0.3, 0.4) is 0 Å². The summed E-state index contributed by atoms with van der Waals surface area (Å²) in [6.45, 7) is 4.60. The van der Waals surface area contributed by atoms with Crippen molar-refractivity contribution < 1.29 is 32.3 Å². The fraction of sp³-hybridized carbons (Fsp3) is 0.412. The lowest BCUT2D eigenvalue weighted by Gasteiger charge is -2.44. The maximum Gasteiger partial charge on any atom is 0.416 e. The van der Waals surface area contributed by atoms with E-state index in [0.717, 1.165) is 24.2 Å². The fourth-order valence-corrected chi connectivity index (χ4v) is 6.87. The fourth-order valence-electron chi connectivity index (χ4n) is 6.87. The third kappa shape index (κ3) is 6.98. The van der Waals surface area contributed by atoms with Gasteiger partial charge in [0.2, 0.25) is 0 Å². The van der Waals surface area contributed by atoms with E-state index in [4.69, 9.17) is 4.74 Å². The van der Waals surface area contributed by atoms with Gasteiger partial charge in [0.15, 0.2) is 0 Å². The Morgan fingerprint density at radius 1 is 0.915 bits per heavy atom. The molecule has 0 aliphatic carbocycles. The van der Waals surface area contributed by atoms with Crippen molar-refractivity contribution in [2.45, 2.75) is 50.9 Å². The summed E-state index contributed by atoms with van der Waals surface area (Å²) in [5.74, 6) is -0.886. The van der Waals surface area contributed by atoms with E-state index in [1.54, 1.807) is 42.2 Å². The summed E-state index contributed by atoms with van der Waals surface area (Å²) in [6, 6.07) is 14.2. The molecular weight excluding hydrogens is 615 g/mol. The Bertz CT molecular complexity index is 1730. The Labute approximate surface area is 269 Å². The minimum Gasteiger partial charge on any atom is -0.450 e. The van der Waals surface area contributed by atoms with Crippen molar-refractivity contribution in [2.75, 3.05) is 43.0 Å². The van der Waals surface area contributed by atoms with Crippen LogP contribution in [0.5, 0.6) is 0 Å². The van der Waals surface area contributed by atoms with Gasteiger partial charge < -0.3 is 29.7 Å². The van der Waals surface area contributed by atoms with Gasteiger partial charge >= 0.3 is 12.3 Å². The van der Waals surface area contributed by atoms with Gasteiger partial charge in [0.05, 0.1) is 23.5 Å². The number of pyridine rings is 1. The summed E-state index contributed by atoms with van der Waals surface area (Å²) >= 11 is 0. The number of piperidine rings is 2. The molecule has 2 saturated heterocycles. The largest absolute Gasteiger partial charge is 0.450 e. The molecule has 2 N–H and O–H groups in total. The van der Waals surface area contributed by atoms with Gasteiger partial charge in [0, 0.05) is 67.6 Å². The minimum absolute atomic E-state index is 0.0402. The molecule has 2 atom stereocenters. The molecule has 3 aliphatic rings. The van der Waals surface area contributed by atoms with Crippen molar-refractivity contribution in [2.24, 2.45) is 5.92 Å². The van der Waals surface area contributed by atoms with Crippen molar-refractivity contribution in [3.63, 3.8) is 0 Å². The first-order valence-electron chi connectivity index (χ1n) is 15.8. The number of alkyl halides is 3. The van der Waals surface area contributed by atoms with Crippen LogP contribution < -0.4 is 21.1 Å². The third-order valence-corrected chi connectivity index (χ3v) is 9.14. The van der Waals surface area contributed by atoms with Gasteiger partial charge in [-0.1, -0.05) is 12.1 Å². The molecule has 3 aromatic rings. The number of halogens is 3. The molecule has 6 rings (SSSR count). The number of nitrogens with one attached hydrogen (secondary N) is 2. The lowest BCUT2D eigenvalue weighted by atomic mass is 9.83. The zero-order chi connectivity index (χ0) is 33.3. The highest BCUT2D eigenvalue weighted by Gasteiger charge is 2.36. The van der Waals surface area contributed by atoms with Crippen molar-refractivity contribution in [1.29, 1.82) is 0 Å². The number of benzene rings is 2. The van der Waals surface area contributed by atoms with Crippen LogP contribution in [0, 0.1) is 5.92 Å². The first-order chi connectivity index (χ1) is 22.5. The molecule has 2 aromatic carbocycles. The quantitative estimate of drug-likeness (QED) is 0.384. The summed E-state index contributed by atoms with van der Waals surface area (Å²) < 4.78 is 47.1. The molecule has 2 fully saturated rings. The van der Waals surface area contributed by atoms with Gasteiger partial charge in [-0.25, -0.2) is 4.79 Å². The molecule has 4 heterocycles. The number of hydrogen-bond acceptors (Lipinski definition) is 6. The Morgan fingerprint density at radius 2 is 1.66 bits per heavy atom. The summed E-state index contributed by atoms with van der Waals surface area (Å²) in [4.78, 5) is 55.1. The van der Waals surface area contributed by atoms with Crippen molar-refractivity contribution in [3.05, 3.63) is 93.4 Å². The highest BCUT2D eigenvalue weighted by molar-refractivity contribution is 6.07. The maximum atomic E-state index is 13.4.